The first kappa shape index (κ1) is 10.2. The fourth-order valence-corrected chi connectivity index (χ4v) is 2.82. The van der Waals surface area contributed by atoms with Crippen molar-refractivity contribution >= 4 is 15.9 Å². The quantitative estimate of drug-likeness (QED) is 0.743. The molecule has 1 aromatic rings. The molecule has 2 heteroatoms. The number of rotatable bonds is 2. The third-order valence-electron chi connectivity index (χ3n) is 3.28. The van der Waals surface area contributed by atoms with Gasteiger partial charge >= 0.3 is 0 Å². The van der Waals surface area contributed by atoms with E-state index in [0.717, 1.165) is 22.9 Å². The van der Waals surface area contributed by atoms with Crippen molar-refractivity contribution in [2.75, 3.05) is 0 Å². The van der Waals surface area contributed by atoms with Crippen LogP contribution in [-0.2, 0) is 5.41 Å². The van der Waals surface area contributed by atoms with Crippen LogP contribution in [0.4, 0.5) is 4.39 Å². The van der Waals surface area contributed by atoms with E-state index in [0.29, 0.717) is 0 Å². The molecular weight excluding hydrogens is 243 g/mol. The van der Waals surface area contributed by atoms with Crippen molar-refractivity contribution in [3.05, 3.63) is 34.3 Å². The molecule has 0 nitrogen and oxygen atoms in total. The minimum atomic E-state index is -1.13. The highest BCUT2D eigenvalue weighted by atomic mass is 79.9. The first-order valence-electron chi connectivity index (χ1n) is 4.91. The van der Waals surface area contributed by atoms with Gasteiger partial charge in [0.1, 0.15) is 5.67 Å². The van der Waals surface area contributed by atoms with E-state index in [1.54, 1.807) is 13.8 Å². The highest BCUT2D eigenvalue weighted by Crippen LogP contribution is 2.58. The maximum absolute atomic E-state index is 14.1. The van der Waals surface area contributed by atoms with Crippen LogP contribution in [-0.4, -0.2) is 5.67 Å². The maximum atomic E-state index is 14.1. The second-order valence-corrected chi connectivity index (χ2v) is 5.39. The average molecular weight is 257 g/mol. The summed E-state index contributed by atoms with van der Waals surface area (Å²) in [7, 11) is 0. The van der Waals surface area contributed by atoms with Gasteiger partial charge in [-0.3, -0.25) is 0 Å². The summed E-state index contributed by atoms with van der Waals surface area (Å²) in [5.74, 6) is 0. The number of hydrogen-bond donors (Lipinski definition) is 0. The highest BCUT2D eigenvalue weighted by Gasteiger charge is 2.56. The van der Waals surface area contributed by atoms with E-state index in [9.17, 15) is 4.39 Å². The molecule has 0 spiro atoms. The number of halogens is 2. The van der Waals surface area contributed by atoms with E-state index >= 15 is 0 Å². The Morgan fingerprint density at radius 3 is 2.29 bits per heavy atom. The van der Waals surface area contributed by atoms with Gasteiger partial charge in [0.05, 0.1) is 0 Å². The molecule has 2 rings (SSSR count). The third kappa shape index (κ3) is 1.40. The van der Waals surface area contributed by atoms with Crippen LogP contribution < -0.4 is 0 Å². The molecule has 0 unspecified atom stereocenters. The summed E-state index contributed by atoms with van der Waals surface area (Å²) in [6.45, 7) is 3.36. The second kappa shape index (κ2) is 3.06. The summed E-state index contributed by atoms with van der Waals surface area (Å²) in [4.78, 5) is 0. The van der Waals surface area contributed by atoms with Crippen LogP contribution in [0.5, 0.6) is 0 Å². The Morgan fingerprint density at radius 1 is 1.29 bits per heavy atom. The fraction of sp³-hybridized carbons (Fsp3) is 0.500. The van der Waals surface area contributed by atoms with Gasteiger partial charge in [0.25, 0.3) is 0 Å². The Labute approximate surface area is 92.6 Å². The van der Waals surface area contributed by atoms with E-state index in [4.69, 9.17) is 0 Å². The van der Waals surface area contributed by atoms with Crippen molar-refractivity contribution in [2.45, 2.75) is 37.8 Å². The number of hydrogen-bond acceptors (Lipinski definition) is 0. The van der Waals surface area contributed by atoms with Crippen LogP contribution in [0.25, 0.3) is 0 Å². The zero-order valence-corrected chi connectivity index (χ0v) is 10.1. The van der Waals surface area contributed by atoms with E-state index < -0.39 is 5.67 Å². The highest BCUT2D eigenvalue weighted by molar-refractivity contribution is 9.10. The molecule has 0 bridgehead atoms. The van der Waals surface area contributed by atoms with Crippen molar-refractivity contribution in [3.63, 3.8) is 0 Å². The lowest BCUT2D eigenvalue weighted by atomic mass is 9.83. The lowest BCUT2D eigenvalue weighted by Gasteiger charge is -2.28. The van der Waals surface area contributed by atoms with Gasteiger partial charge in [-0.1, -0.05) is 34.1 Å². The Hall–Kier alpha value is -0.370. The zero-order valence-electron chi connectivity index (χ0n) is 8.48. The summed E-state index contributed by atoms with van der Waals surface area (Å²) < 4.78 is 15.1. The molecule has 1 fully saturated rings. The lowest BCUT2D eigenvalue weighted by Crippen LogP contribution is -2.31. The molecule has 0 radical (unpaired) electrons. The van der Waals surface area contributed by atoms with Crippen LogP contribution in [0, 0.1) is 0 Å². The number of alkyl halides is 1. The Bertz CT molecular complexity index is 348. The molecule has 76 valence electrons. The van der Waals surface area contributed by atoms with Gasteiger partial charge in [-0.15, -0.1) is 0 Å². The molecule has 0 heterocycles. The predicted octanol–water partition coefficient (Wildman–Crippen LogP) is 4.23. The second-order valence-electron chi connectivity index (χ2n) is 4.53. The van der Waals surface area contributed by atoms with Crippen LogP contribution in [0.3, 0.4) is 0 Å². The van der Waals surface area contributed by atoms with Gasteiger partial charge in [-0.2, -0.15) is 0 Å². The fourth-order valence-electron chi connectivity index (χ4n) is 2.16. The van der Waals surface area contributed by atoms with Gasteiger partial charge in [-0.05, 0) is 38.3 Å². The molecule has 0 amide bonds. The Morgan fingerprint density at radius 2 is 1.86 bits per heavy atom. The summed E-state index contributed by atoms with van der Waals surface area (Å²) in [5, 5.41) is 0. The molecule has 1 aromatic carbocycles. The lowest BCUT2D eigenvalue weighted by molar-refractivity contribution is 0.155. The van der Waals surface area contributed by atoms with Crippen LogP contribution in [0.15, 0.2) is 28.7 Å². The summed E-state index contributed by atoms with van der Waals surface area (Å²) in [6, 6.07) is 7.96. The molecular formula is C12H14BrF. The zero-order chi connectivity index (χ0) is 10.4. The monoisotopic (exact) mass is 256 g/mol. The molecule has 14 heavy (non-hydrogen) atoms. The standard InChI is InChI=1S/C12H14BrF/c1-11(2,14)12(7-8-12)9-5-3-4-6-10(9)13/h3-6H,7-8H2,1-2H3. The van der Waals surface area contributed by atoms with Gasteiger partial charge < -0.3 is 0 Å². The molecule has 1 aliphatic carbocycles. The average Bonchev–Trinajstić information content (AvgIpc) is 2.84. The first-order chi connectivity index (χ1) is 6.47. The Kier molecular flexibility index (Phi) is 2.22. The minimum absolute atomic E-state index is 0.243. The summed E-state index contributed by atoms with van der Waals surface area (Å²) >= 11 is 3.50. The molecule has 1 aliphatic rings. The maximum Gasteiger partial charge on any atom is 0.115 e. The van der Waals surface area contributed by atoms with E-state index in [2.05, 4.69) is 15.9 Å². The predicted molar refractivity (Wildman–Crippen MR) is 60.2 cm³/mol. The van der Waals surface area contributed by atoms with Crippen molar-refractivity contribution in [1.29, 1.82) is 0 Å². The minimum Gasteiger partial charge on any atom is -0.244 e. The Balaban J connectivity index is 2.46. The van der Waals surface area contributed by atoms with Crippen molar-refractivity contribution in [3.8, 4) is 0 Å². The smallest absolute Gasteiger partial charge is 0.115 e. The number of benzene rings is 1. The molecule has 1 saturated carbocycles. The van der Waals surface area contributed by atoms with Crippen LogP contribution in [0.1, 0.15) is 32.3 Å². The third-order valence-corrected chi connectivity index (χ3v) is 3.97. The normalized spacial score (nSPS) is 19.4. The van der Waals surface area contributed by atoms with Gasteiger partial charge in [0.2, 0.25) is 0 Å². The summed E-state index contributed by atoms with van der Waals surface area (Å²) in [5.41, 5.74) is -0.253. The molecule has 0 atom stereocenters. The van der Waals surface area contributed by atoms with Crippen molar-refractivity contribution in [1.82, 2.24) is 0 Å². The van der Waals surface area contributed by atoms with E-state index in [1.807, 2.05) is 24.3 Å². The van der Waals surface area contributed by atoms with Crippen LogP contribution in [0.2, 0.25) is 0 Å². The first-order valence-corrected chi connectivity index (χ1v) is 5.71. The van der Waals surface area contributed by atoms with Crippen LogP contribution >= 0.6 is 15.9 Å². The molecule has 0 N–H and O–H groups in total. The van der Waals surface area contributed by atoms with E-state index in [-0.39, 0.29) is 5.41 Å². The molecule has 0 aromatic heterocycles. The van der Waals surface area contributed by atoms with Crippen molar-refractivity contribution < 1.29 is 4.39 Å². The van der Waals surface area contributed by atoms with E-state index in [1.165, 1.54) is 0 Å². The van der Waals surface area contributed by atoms with Gasteiger partial charge in [0.15, 0.2) is 0 Å². The SMILES string of the molecule is CC(C)(F)C1(c2ccccc2Br)CC1. The molecule has 0 aliphatic heterocycles. The summed E-state index contributed by atoms with van der Waals surface area (Å²) in [6.07, 6.45) is 1.91. The van der Waals surface area contributed by atoms with Gasteiger partial charge in [-0.25, -0.2) is 4.39 Å². The largest absolute Gasteiger partial charge is 0.244 e. The van der Waals surface area contributed by atoms with Gasteiger partial charge in [0, 0.05) is 9.89 Å². The van der Waals surface area contributed by atoms with Crippen molar-refractivity contribution in [2.24, 2.45) is 0 Å². The molecule has 0 saturated heterocycles. The topological polar surface area (TPSA) is 0 Å².